The van der Waals surface area contributed by atoms with Crippen LogP contribution >= 0.6 is 0 Å². The first kappa shape index (κ1) is 50.6. The van der Waals surface area contributed by atoms with Crippen molar-refractivity contribution in [1.82, 2.24) is 0 Å². The molecule has 1 aliphatic rings. The van der Waals surface area contributed by atoms with Crippen molar-refractivity contribution in [2.45, 2.75) is 51.9 Å². The first-order valence-corrected chi connectivity index (χ1v) is 25.8. The van der Waals surface area contributed by atoms with Crippen LogP contribution in [0, 0.1) is 27.7 Å². The van der Waals surface area contributed by atoms with Crippen LogP contribution in [0.2, 0.25) is 0 Å². The molecule has 76 heavy (non-hydrogen) atoms. The summed E-state index contributed by atoms with van der Waals surface area (Å²) in [7, 11) is 6.81. The van der Waals surface area contributed by atoms with Gasteiger partial charge in [-0.1, -0.05) is 103 Å². The highest BCUT2D eigenvalue weighted by molar-refractivity contribution is 5.80. The first-order valence-electron chi connectivity index (χ1n) is 25.8. The van der Waals surface area contributed by atoms with Gasteiger partial charge in [0, 0.05) is 35.6 Å². The molecular formula is C68H66N4O4. The molecule has 0 radical (unpaired) electrons. The molecular weight excluding hydrogens is 937 g/mol. The van der Waals surface area contributed by atoms with Gasteiger partial charge in [-0.15, -0.1) is 0 Å². The normalized spacial score (nSPS) is 13.4. The molecule has 0 atom stereocenters. The Bertz CT molecular complexity index is 3300. The van der Waals surface area contributed by atoms with Gasteiger partial charge in [-0.3, -0.25) is 0 Å². The summed E-state index contributed by atoms with van der Waals surface area (Å²) in [6, 6.07) is 70.7. The smallest absolute Gasteiger partial charge is 0.132 e. The number of rotatable bonds is 17. The second-order valence-corrected chi connectivity index (χ2v) is 20.0. The minimum absolute atomic E-state index is 0.519. The number of anilines is 4. The molecule has 0 heterocycles. The number of benzene rings is 9. The predicted molar refractivity (Wildman–Crippen MR) is 316 cm³/mol. The van der Waals surface area contributed by atoms with E-state index in [2.05, 4.69) is 207 Å². The zero-order valence-corrected chi connectivity index (χ0v) is 44.7. The van der Waals surface area contributed by atoms with Crippen LogP contribution in [-0.4, -0.2) is 39.8 Å². The molecule has 1 aliphatic carbocycles. The van der Waals surface area contributed by atoms with E-state index in [-0.39, 0.29) is 0 Å². The third-order valence-corrected chi connectivity index (χ3v) is 14.7. The third kappa shape index (κ3) is 11.1. The Morgan fingerprint density at radius 3 is 0.934 bits per heavy atom. The molecule has 8 heteroatoms. The SMILES string of the molecule is COc1ccc(-c2cc(NC3(Nc4ccc(C)c(-c5ccc(OC)cc5)c4)C=C(c4ccccc4)CC(Nc4ccc(C)c(-c5ccc(OC)cc5)c4)(Nc4ccc(C)c(-c5ccc(OC)cc5)c4)C3)ccc2C)cc1. The maximum atomic E-state index is 5.57. The van der Waals surface area contributed by atoms with Crippen LogP contribution in [0.25, 0.3) is 50.1 Å². The van der Waals surface area contributed by atoms with Crippen LogP contribution < -0.4 is 40.2 Å². The summed E-state index contributed by atoms with van der Waals surface area (Å²) in [5.41, 5.74) is 18.0. The van der Waals surface area contributed by atoms with Gasteiger partial charge in [-0.05, 0) is 209 Å². The van der Waals surface area contributed by atoms with Gasteiger partial charge in [0.05, 0.1) is 28.4 Å². The fourth-order valence-corrected chi connectivity index (χ4v) is 10.7. The van der Waals surface area contributed by atoms with E-state index in [1.165, 1.54) is 22.3 Å². The molecule has 9 aromatic rings. The third-order valence-electron chi connectivity index (χ3n) is 14.7. The van der Waals surface area contributed by atoms with Crippen molar-refractivity contribution in [3.8, 4) is 67.5 Å². The van der Waals surface area contributed by atoms with Crippen molar-refractivity contribution in [1.29, 1.82) is 0 Å². The van der Waals surface area contributed by atoms with Gasteiger partial charge in [-0.25, -0.2) is 0 Å². The highest BCUT2D eigenvalue weighted by atomic mass is 16.5. The Hall–Kier alpha value is -8.88. The number of ether oxygens (including phenoxy) is 4. The summed E-state index contributed by atoms with van der Waals surface area (Å²) < 4.78 is 22.3. The van der Waals surface area contributed by atoms with E-state index in [9.17, 15) is 0 Å². The van der Waals surface area contributed by atoms with Crippen LogP contribution in [0.5, 0.6) is 23.0 Å². The zero-order valence-electron chi connectivity index (χ0n) is 44.7. The molecule has 4 N–H and O–H groups in total. The highest BCUT2D eigenvalue weighted by Crippen LogP contribution is 2.46. The van der Waals surface area contributed by atoms with E-state index >= 15 is 0 Å². The first-order chi connectivity index (χ1) is 36.9. The van der Waals surface area contributed by atoms with Crippen LogP contribution in [0.4, 0.5) is 22.7 Å². The van der Waals surface area contributed by atoms with E-state index in [0.29, 0.717) is 12.8 Å². The molecule has 0 amide bonds. The van der Waals surface area contributed by atoms with Crippen LogP contribution in [0.3, 0.4) is 0 Å². The van der Waals surface area contributed by atoms with Gasteiger partial charge in [0.15, 0.2) is 0 Å². The Balaban J connectivity index is 1.18. The van der Waals surface area contributed by atoms with Gasteiger partial charge in [0.1, 0.15) is 34.3 Å². The molecule has 10 rings (SSSR count). The van der Waals surface area contributed by atoms with Crippen molar-refractivity contribution >= 4 is 28.3 Å². The van der Waals surface area contributed by atoms with E-state index < -0.39 is 11.3 Å². The number of methoxy groups -OCH3 is 4. The maximum Gasteiger partial charge on any atom is 0.132 e. The minimum atomic E-state index is -0.935. The lowest BCUT2D eigenvalue weighted by atomic mass is 9.78. The van der Waals surface area contributed by atoms with E-state index in [0.717, 1.165) is 101 Å². The van der Waals surface area contributed by atoms with E-state index in [1.807, 2.05) is 48.5 Å². The quantitative estimate of drug-likeness (QED) is 0.0672. The molecule has 9 aromatic carbocycles. The molecule has 0 fully saturated rings. The zero-order chi connectivity index (χ0) is 52.8. The van der Waals surface area contributed by atoms with Crippen molar-refractivity contribution in [3.63, 3.8) is 0 Å². The van der Waals surface area contributed by atoms with E-state index in [1.54, 1.807) is 28.4 Å². The lowest BCUT2D eigenvalue weighted by molar-refractivity contribution is 0.406. The lowest BCUT2D eigenvalue weighted by Gasteiger charge is -2.49. The van der Waals surface area contributed by atoms with Gasteiger partial charge in [-0.2, -0.15) is 0 Å². The number of nitrogens with one attached hydrogen (secondary N) is 4. The number of hydrogen-bond donors (Lipinski definition) is 4. The average Bonchev–Trinajstić information content (AvgIpc) is 3.47. The molecule has 0 spiro atoms. The van der Waals surface area contributed by atoms with Gasteiger partial charge < -0.3 is 40.2 Å². The second kappa shape index (κ2) is 21.9. The second-order valence-electron chi connectivity index (χ2n) is 20.0. The van der Waals surface area contributed by atoms with Gasteiger partial charge in [0.25, 0.3) is 0 Å². The molecule has 0 saturated heterocycles. The molecule has 0 unspecified atom stereocenters. The monoisotopic (exact) mass is 1000 g/mol. The van der Waals surface area contributed by atoms with Crippen molar-refractivity contribution in [3.05, 3.63) is 234 Å². The Morgan fingerprint density at radius 2 is 0.632 bits per heavy atom. The number of aryl methyl sites for hydroxylation is 4. The fourth-order valence-electron chi connectivity index (χ4n) is 10.7. The summed E-state index contributed by atoms with van der Waals surface area (Å²) in [6.45, 7) is 8.68. The largest absolute Gasteiger partial charge is 0.497 e. The van der Waals surface area contributed by atoms with Crippen LogP contribution in [-0.2, 0) is 0 Å². The summed E-state index contributed by atoms with van der Waals surface area (Å²) in [5, 5.41) is 16.9. The Labute approximate surface area is 448 Å². The maximum absolute atomic E-state index is 5.57. The molecule has 0 saturated carbocycles. The average molecular weight is 1000 g/mol. The standard InChI is InChI=1S/C68H66N4O4/c1-45-14-26-55(38-63(45)50-18-30-59(73-5)31-19-50)69-67(70-56-27-15-46(2)64(39-56)51-20-32-60(74-6)33-21-51)42-54(49-12-10-9-11-13-49)43-68(44-67,71-57-28-16-47(3)65(40-57)52-22-34-61(75-7)35-23-52)72-58-29-17-48(4)66(41-58)53-24-36-62(76-8)37-25-53/h9-42,69-72H,43-44H2,1-8H3. The minimum Gasteiger partial charge on any atom is -0.497 e. The van der Waals surface area contributed by atoms with E-state index in [4.69, 9.17) is 18.9 Å². The summed E-state index contributed by atoms with van der Waals surface area (Å²) in [6.07, 6.45) is 3.56. The summed E-state index contributed by atoms with van der Waals surface area (Å²) in [4.78, 5) is 0. The van der Waals surface area contributed by atoms with Crippen molar-refractivity contribution in [2.75, 3.05) is 49.7 Å². The van der Waals surface area contributed by atoms with Crippen LogP contribution in [0.1, 0.15) is 40.7 Å². The fraction of sp³-hybridized carbons (Fsp3) is 0.176. The molecule has 0 aromatic heterocycles. The van der Waals surface area contributed by atoms with Gasteiger partial charge in [0.2, 0.25) is 0 Å². The Kier molecular flexibility index (Phi) is 14.6. The van der Waals surface area contributed by atoms with Gasteiger partial charge >= 0.3 is 0 Å². The number of hydrogen-bond acceptors (Lipinski definition) is 8. The lowest BCUT2D eigenvalue weighted by Crippen LogP contribution is -2.59. The molecule has 382 valence electrons. The topological polar surface area (TPSA) is 85.0 Å². The van der Waals surface area contributed by atoms with Crippen molar-refractivity contribution in [2.24, 2.45) is 0 Å². The van der Waals surface area contributed by atoms with Crippen molar-refractivity contribution < 1.29 is 18.9 Å². The summed E-state index contributed by atoms with van der Waals surface area (Å²) in [5.74, 6) is 3.27. The predicted octanol–water partition coefficient (Wildman–Crippen LogP) is 16.6. The Morgan fingerprint density at radius 1 is 0.329 bits per heavy atom. The van der Waals surface area contributed by atoms with Crippen LogP contribution in [0.15, 0.2) is 206 Å². The molecule has 0 bridgehead atoms. The summed E-state index contributed by atoms with van der Waals surface area (Å²) >= 11 is 0. The molecule has 0 aliphatic heterocycles. The molecule has 8 nitrogen and oxygen atoms in total. The highest BCUT2D eigenvalue weighted by Gasteiger charge is 2.46.